The summed E-state index contributed by atoms with van der Waals surface area (Å²) in [5.74, 6) is -3.17. The Bertz CT molecular complexity index is 868. The number of hydrogen-bond acceptors (Lipinski definition) is 6. The molecule has 2 heterocycles. The molecule has 0 spiro atoms. The molecule has 2 saturated heterocycles. The Morgan fingerprint density at radius 3 is 2.58 bits per heavy atom. The molecule has 0 bridgehead atoms. The number of hydrogen-bond donors (Lipinski definition) is 1. The molecule has 1 unspecified atom stereocenters. The van der Waals surface area contributed by atoms with Gasteiger partial charge in [0, 0.05) is 5.02 Å². The van der Waals surface area contributed by atoms with Crippen molar-refractivity contribution >= 4 is 69.7 Å². The molecule has 3 amide bonds. The van der Waals surface area contributed by atoms with E-state index in [0.29, 0.717) is 14.8 Å². The minimum atomic E-state index is -1.31. The van der Waals surface area contributed by atoms with Crippen molar-refractivity contribution < 1.29 is 24.3 Å². The second-order valence-corrected chi connectivity index (χ2v) is 7.65. The molecule has 1 N–H and O–H groups in total. The molecule has 2 fully saturated rings. The first-order valence-corrected chi connectivity index (χ1v) is 8.97. The van der Waals surface area contributed by atoms with E-state index in [4.69, 9.17) is 28.9 Å². The van der Waals surface area contributed by atoms with E-state index in [1.54, 1.807) is 30.3 Å². The number of carboxylic acid groups (broad SMARTS) is 1. The van der Waals surface area contributed by atoms with E-state index >= 15 is 0 Å². The maximum Gasteiger partial charge on any atom is 0.323 e. The zero-order chi connectivity index (χ0) is 19.0. The van der Waals surface area contributed by atoms with Gasteiger partial charge in [-0.05, 0) is 23.8 Å². The molecule has 7 nitrogen and oxygen atoms in total. The highest BCUT2D eigenvalue weighted by atomic mass is 35.5. The standard InChI is InChI=1S/C16H11ClN2O5S2/c17-9-3-1-8(2-4-9)5-11-15(24)19(16(25)26-11)10-6-12(20)18(14(10)23)7-13(21)22/h1-5,10H,6-7H2,(H,21,22). The average Bonchev–Trinajstić information content (AvgIpc) is 2.99. The Morgan fingerprint density at radius 2 is 1.96 bits per heavy atom. The number of thioether (sulfide) groups is 1. The van der Waals surface area contributed by atoms with E-state index in [1.807, 2.05) is 0 Å². The Balaban J connectivity index is 1.83. The fraction of sp³-hybridized carbons (Fsp3) is 0.188. The molecule has 1 aromatic rings. The summed E-state index contributed by atoms with van der Waals surface area (Å²) in [5, 5.41) is 9.37. The molecule has 3 rings (SSSR count). The number of thiocarbonyl (C=S) groups is 1. The summed E-state index contributed by atoms with van der Waals surface area (Å²) in [7, 11) is 0. The van der Waals surface area contributed by atoms with Crippen molar-refractivity contribution in [2.75, 3.05) is 6.54 Å². The van der Waals surface area contributed by atoms with Crippen LogP contribution >= 0.6 is 35.6 Å². The van der Waals surface area contributed by atoms with Crippen LogP contribution in [-0.4, -0.2) is 55.5 Å². The second-order valence-electron chi connectivity index (χ2n) is 5.54. The Kier molecular flexibility index (Phi) is 5.12. The third-order valence-corrected chi connectivity index (χ3v) is 5.40. The highest BCUT2D eigenvalue weighted by Gasteiger charge is 2.48. The fourth-order valence-electron chi connectivity index (χ4n) is 2.63. The maximum atomic E-state index is 12.7. The van der Waals surface area contributed by atoms with Crippen LogP contribution in [0.1, 0.15) is 12.0 Å². The summed E-state index contributed by atoms with van der Waals surface area (Å²) in [6.45, 7) is -0.733. The molecule has 0 radical (unpaired) electrons. The van der Waals surface area contributed by atoms with Crippen LogP contribution in [0.4, 0.5) is 0 Å². The first kappa shape index (κ1) is 18.6. The number of amides is 3. The molecule has 134 valence electrons. The number of carbonyl (C=O) groups is 4. The quantitative estimate of drug-likeness (QED) is 0.459. The average molecular weight is 411 g/mol. The van der Waals surface area contributed by atoms with Gasteiger partial charge < -0.3 is 5.11 Å². The smallest absolute Gasteiger partial charge is 0.323 e. The molecule has 0 aromatic heterocycles. The van der Waals surface area contributed by atoms with Crippen molar-refractivity contribution in [3.8, 4) is 0 Å². The summed E-state index contributed by atoms with van der Waals surface area (Å²) >= 11 is 12.0. The van der Waals surface area contributed by atoms with Crippen LogP contribution in [-0.2, 0) is 19.2 Å². The molecule has 10 heteroatoms. The predicted octanol–water partition coefficient (Wildman–Crippen LogP) is 1.75. The van der Waals surface area contributed by atoms with Crippen LogP contribution in [0, 0.1) is 0 Å². The normalized spacial score (nSPS) is 22.0. The van der Waals surface area contributed by atoms with Crippen LogP contribution in [0.3, 0.4) is 0 Å². The van der Waals surface area contributed by atoms with E-state index < -0.39 is 36.3 Å². The molecule has 2 aliphatic heterocycles. The van der Waals surface area contributed by atoms with Gasteiger partial charge in [0.2, 0.25) is 5.91 Å². The van der Waals surface area contributed by atoms with Gasteiger partial charge >= 0.3 is 5.97 Å². The number of halogens is 1. The predicted molar refractivity (Wildman–Crippen MR) is 99.2 cm³/mol. The molecule has 0 saturated carbocycles. The van der Waals surface area contributed by atoms with Gasteiger partial charge in [0.05, 0.1) is 11.3 Å². The fourth-order valence-corrected chi connectivity index (χ4v) is 4.11. The number of rotatable bonds is 4. The third-order valence-electron chi connectivity index (χ3n) is 3.82. The van der Waals surface area contributed by atoms with Gasteiger partial charge in [-0.15, -0.1) is 0 Å². The van der Waals surface area contributed by atoms with Crippen LogP contribution < -0.4 is 0 Å². The molecular weight excluding hydrogens is 400 g/mol. The number of carboxylic acids is 1. The van der Waals surface area contributed by atoms with Crippen LogP contribution in [0.15, 0.2) is 29.2 Å². The van der Waals surface area contributed by atoms with Gasteiger partial charge in [-0.1, -0.05) is 47.7 Å². The van der Waals surface area contributed by atoms with Crippen LogP contribution in [0.5, 0.6) is 0 Å². The van der Waals surface area contributed by atoms with Crippen molar-refractivity contribution in [3.05, 3.63) is 39.8 Å². The van der Waals surface area contributed by atoms with Crippen molar-refractivity contribution in [2.24, 2.45) is 0 Å². The lowest BCUT2D eigenvalue weighted by atomic mass is 10.2. The van der Waals surface area contributed by atoms with Gasteiger partial charge in [0.15, 0.2) is 0 Å². The van der Waals surface area contributed by atoms with Gasteiger partial charge in [-0.3, -0.25) is 29.0 Å². The van der Waals surface area contributed by atoms with E-state index in [-0.39, 0.29) is 10.7 Å². The molecular formula is C16H11ClN2O5S2. The van der Waals surface area contributed by atoms with E-state index in [1.165, 1.54) is 0 Å². The molecule has 1 atom stereocenters. The molecule has 26 heavy (non-hydrogen) atoms. The first-order chi connectivity index (χ1) is 12.3. The highest BCUT2D eigenvalue weighted by Crippen LogP contribution is 2.36. The Labute approximate surface area is 162 Å². The lowest BCUT2D eigenvalue weighted by molar-refractivity contribution is -0.149. The van der Waals surface area contributed by atoms with Gasteiger partial charge in [-0.25, -0.2) is 0 Å². The lowest BCUT2D eigenvalue weighted by Gasteiger charge is -2.20. The largest absolute Gasteiger partial charge is 0.480 e. The number of aliphatic carboxylic acids is 1. The zero-order valence-corrected chi connectivity index (χ0v) is 15.4. The minimum absolute atomic E-state index is 0.151. The van der Waals surface area contributed by atoms with Crippen molar-refractivity contribution in [1.29, 1.82) is 0 Å². The highest BCUT2D eigenvalue weighted by molar-refractivity contribution is 8.26. The summed E-state index contributed by atoms with van der Waals surface area (Å²) in [6.07, 6.45) is 1.33. The van der Waals surface area contributed by atoms with E-state index in [9.17, 15) is 19.2 Å². The van der Waals surface area contributed by atoms with E-state index in [0.717, 1.165) is 22.2 Å². The summed E-state index contributed by atoms with van der Waals surface area (Å²) in [4.78, 5) is 49.8. The zero-order valence-electron chi connectivity index (χ0n) is 13.0. The van der Waals surface area contributed by atoms with Gasteiger partial charge in [0.1, 0.15) is 16.9 Å². The number of imide groups is 1. The third kappa shape index (κ3) is 3.50. The first-order valence-electron chi connectivity index (χ1n) is 7.36. The number of carbonyl (C=O) groups excluding carboxylic acids is 3. The Morgan fingerprint density at radius 1 is 1.31 bits per heavy atom. The summed E-state index contributed by atoms with van der Waals surface area (Å²) in [6, 6.07) is 5.71. The van der Waals surface area contributed by atoms with Crippen molar-refractivity contribution in [3.63, 3.8) is 0 Å². The van der Waals surface area contributed by atoms with E-state index in [2.05, 4.69) is 0 Å². The lowest BCUT2D eigenvalue weighted by Crippen LogP contribution is -2.45. The monoisotopic (exact) mass is 410 g/mol. The molecule has 0 aliphatic carbocycles. The second kappa shape index (κ2) is 7.18. The minimum Gasteiger partial charge on any atom is -0.480 e. The van der Waals surface area contributed by atoms with Gasteiger partial charge in [-0.2, -0.15) is 0 Å². The van der Waals surface area contributed by atoms with Crippen molar-refractivity contribution in [2.45, 2.75) is 12.5 Å². The van der Waals surface area contributed by atoms with Crippen molar-refractivity contribution in [1.82, 2.24) is 9.80 Å². The number of nitrogens with zero attached hydrogens (tertiary/aromatic N) is 2. The molecule has 2 aliphatic rings. The summed E-state index contributed by atoms with van der Waals surface area (Å²) in [5.41, 5.74) is 0.733. The van der Waals surface area contributed by atoms with Crippen LogP contribution in [0.25, 0.3) is 6.08 Å². The topological polar surface area (TPSA) is 95.0 Å². The molecule has 1 aromatic carbocycles. The van der Waals surface area contributed by atoms with Crippen LogP contribution in [0.2, 0.25) is 5.02 Å². The SMILES string of the molecule is O=C(O)CN1C(=O)CC(N2C(=O)C(=Cc3ccc(Cl)cc3)SC2=S)C1=O. The number of likely N-dealkylation sites (tertiary alicyclic amines) is 1. The summed E-state index contributed by atoms with van der Waals surface area (Å²) < 4.78 is 0.151. The number of benzene rings is 1. The maximum absolute atomic E-state index is 12.7. The Hall–Kier alpha value is -2.23. The van der Waals surface area contributed by atoms with Gasteiger partial charge in [0.25, 0.3) is 11.8 Å².